The Morgan fingerprint density at radius 2 is 1.87 bits per heavy atom. The van der Waals surface area contributed by atoms with Gasteiger partial charge >= 0.3 is 0 Å². The molecule has 1 N–H and O–H groups in total. The van der Waals surface area contributed by atoms with Gasteiger partial charge in [-0.15, -0.1) is 0 Å². The van der Waals surface area contributed by atoms with Crippen molar-refractivity contribution in [3.05, 3.63) is 46.6 Å². The molecule has 1 aromatic heterocycles. The number of nitrogens with one attached hydrogen (secondary N) is 1. The SMILES string of the molecule is CCN1CCN(c2cc(Cl)nc(SCc3ccc(C(=O)NCCN(C)C)cc3)n2)CC1. The van der Waals surface area contributed by atoms with Crippen molar-refractivity contribution >= 4 is 35.1 Å². The molecule has 0 spiro atoms. The van der Waals surface area contributed by atoms with Gasteiger partial charge in [0.1, 0.15) is 11.0 Å². The third-order valence-electron chi connectivity index (χ3n) is 5.23. The quantitative estimate of drug-likeness (QED) is 0.349. The molecule has 2 aromatic rings. The second-order valence-electron chi connectivity index (χ2n) is 7.80. The molecule has 1 aliphatic rings. The summed E-state index contributed by atoms with van der Waals surface area (Å²) in [6.45, 7) is 8.69. The van der Waals surface area contributed by atoms with Crippen LogP contribution in [-0.2, 0) is 5.75 Å². The van der Waals surface area contributed by atoms with Gasteiger partial charge in [-0.1, -0.05) is 42.4 Å². The van der Waals surface area contributed by atoms with Crippen LogP contribution in [0.1, 0.15) is 22.8 Å². The molecule has 1 amide bonds. The predicted octanol–water partition coefficient (Wildman–Crippen LogP) is 2.86. The van der Waals surface area contributed by atoms with Crippen LogP contribution in [-0.4, -0.2) is 85.6 Å². The van der Waals surface area contributed by atoms with Crippen molar-refractivity contribution in [1.82, 2.24) is 25.1 Å². The molecule has 1 aromatic carbocycles. The summed E-state index contributed by atoms with van der Waals surface area (Å²) in [7, 11) is 3.97. The number of piperazine rings is 1. The highest BCUT2D eigenvalue weighted by Gasteiger charge is 2.18. The Labute approximate surface area is 194 Å². The number of halogens is 1. The molecule has 0 bridgehead atoms. The van der Waals surface area contributed by atoms with Gasteiger partial charge in [-0.3, -0.25) is 4.79 Å². The molecule has 0 saturated carbocycles. The number of thioether (sulfide) groups is 1. The van der Waals surface area contributed by atoms with Crippen molar-refractivity contribution in [1.29, 1.82) is 0 Å². The number of amides is 1. The number of carbonyl (C=O) groups is 1. The van der Waals surface area contributed by atoms with E-state index in [1.807, 2.05) is 49.3 Å². The molecular weight excluding hydrogens is 432 g/mol. The lowest BCUT2D eigenvalue weighted by Gasteiger charge is -2.34. The maximum atomic E-state index is 12.2. The number of carbonyl (C=O) groups excluding carboxylic acids is 1. The van der Waals surface area contributed by atoms with Crippen molar-refractivity contribution in [2.24, 2.45) is 0 Å². The molecule has 168 valence electrons. The van der Waals surface area contributed by atoms with Crippen LogP contribution in [0.5, 0.6) is 0 Å². The number of nitrogens with zero attached hydrogens (tertiary/aromatic N) is 5. The van der Waals surface area contributed by atoms with Crippen molar-refractivity contribution in [3.63, 3.8) is 0 Å². The number of hydrogen-bond acceptors (Lipinski definition) is 7. The third kappa shape index (κ3) is 7.35. The molecule has 1 fully saturated rings. The van der Waals surface area contributed by atoms with Crippen LogP contribution in [0.15, 0.2) is 35.5 Å². The fraction of sp³-hybridized carbons (Fsp3) is 0.500. The second kappa shape index (κ2) is 11.7. The fourth-order valence-corrected chi connectivity index (χ4v) is 4.34. The van der Waals surface area contributed by atoms with E-state index in [4.69, 9.17) is 16.6 Å². The largest absolute Gasteiger partial charge is 0.354 e. The van der Waals surface area contributed by atoms with Crippen LogP contribution < -0.4 is 10.2 Å². The standard InChI is InChI=1S/C22H31ClN6OS/c1-4-28-11-13-29(14-12-28)20-15-19(23)25-22(26-20)31-16-17-5-7-18(8-6-17)21(30)24-9-10-27(2)3/h5-8,15H,4,9-14,16H2,1-3H3,(H,24,30). The maximum Gasteiger partial charge on any atom is 0.251 e. The van der Waals surface area contributed by atoms with Crippen molar-refractivity contribution < 1.29 is 4.79 Å². The minimum Gasteiger partial charge on any atom is -0.354 e. The number of hydrogen-bond donors (Lipinski definition) is 1. The van der Waals surface area contributed by atoms with Crippen LogP contribution in [0.25, 0.3) is 0 Å². The van der Waals surface area contributed by atoms with E-state index in [1.54, 1.807) is 11.8 Å². The van der Waals surface area contributed by atoms with E-state index in [1.165, 1.54) is 0 Å². The highest BCUT2D eigenvalue weighted by molar-refractivity contribution is 7.98. The van der Waals surface area contributed by atoms with E-state index in [-0.39, 0.29) is 5.91 Å². The zero-order valence-electron chi connectivity index (χ0n) is 18.5. The predicted molar refractivity (Wildman–Crippen MR) is 128 cm³/mol. The van der Waals surface area contributed by atoms with Gasteiger partial charge in [-0.05, 0) is 38.3 Å². The zero-order valence-corrected chi connectivity index (χ0v) is 20.0. The van der Waals surface area contributed by atoms with Gasteiger partial charge in [0.15, 0.2) is 5.16 Å². The van der Waals surface area contributed by atoms with E-state index in [9.17, 15) is 4.79 Å². The highest BCUT2D eigenvalue weighted by Crippen LogP contribution is 2.25. The number of likely N-dealkylation sites (N-methyl/N-ethyl adjacent to an activating group) is 2. The monoisotopic (exact) mass is 462 g/mol. The molecule has 0 aliphatic carbocycles. The normalized spacial score (nSPS) is 14.8. The van der Waals surface area contributed by atoms with Crippen molar-refractivity contribution in [3.8, 4) is 0 Å². The first-order valence-corrected chi connectivity index (χ1v) is 12.0. The molecule has 2 heterocycles. The number of aromatic nitrogens is 2. The summed E-state index contributed by atoms with van der Waals surface area (Å²) in [6.07, 6.45) is 0. The van der Waals surface area contributed by atoms with E-state index in [2.05, 4.69) is 27.0 Å². The summed E-state index contributed by atoms with van der Waals surface area (Å²) in [5.41, 5.74) is 1.77. The number of rotatable bonds is 9. The zero-order chi connectivity index (χ0) is 22.2. The minimum absolute atomic E-state index is 0.0490. The molecule has 1 saturated heterocycles. The van der Waals surface area contributed by atoms with Gasteiger partial charge in [0.25, 0.3) is 5.91 Å². The van der Waals surface area contributed by atoms with Gasteiger partial charge in [-0.25, -0.2) is 9.97 Å². The fourth-order valence-electron chi connectivity index (χ4n) is 3.30. The topological polar surface area (TPSA) is 64.6 Å². The lowest BCUT2D eigenvalue weighted by Crippen LogP contribution is -2.46. The van der Waals surface area contributed by atoms with Gasteiger partial charge in [0.2, 0.25) is 0 Å². The maximum absolute atomic E-state index is 12.2. The Bertz CT molecular complexity index is 856. The van der Waals surface area contributed by atoms with E-state index < -0.39 is 0 Å². The van der Waals surface area contributed by atoms with E-state index in [0.717, 1.165) is 50.6 Å². The Balaban J connectivity index is 1.55. The Hall–Kier alpha value is -1.87. The molecule has 1 aliphatic heterocycles. The number of benzene rings is 1. The Kier molecular flexibility index (Phi) is 8.95. The molecule has 0 unspecified atom stereocenters. The summed E-state index contributed by atoms with van der Waals surface area (Å²) >= 11 is 7.83. The van der Waals surface area contributed by atoms with Crippen LogP contribution >= 0.6 is 23.4 Å². The van der Waals surface area contributed by atoms with Gasteiger partial charge in [0.05, 0.1) is 0 Å². The molecule has 0 atom stereocenters. The molecule has 7 nitrogen and oxygen atoms in total. The minimum atomic E-state index is -0.0490. The first-order valence-electron chi connectivity index (χ1n) is 10.6. The second-order valence-corrected chi connectivity index (χ2v) is 9.13. The summed E-state index contributed by atoms with van der Waals surface area (Å²) in [5, 5.41) is 4.07. The summed E-state index contributed by atoms with van der Waals surface area (Å²) in [6, 6.07) is 9.51. The lowest BCUT2D eigenvalue weighted by atomic mass is 10.1. The first kappa shape index (κ1) is 23.8. The smallest absolute Gasteiger partial charge is 0.251 e. The lowest BCUT2D eigenvalue weighted by molar-refractivity contribution is 0.0951. The van der Waals surface area contributed by atoms with E-state index >= 15 is 0 Å². The first-order chi connectivity index (χ1) is 14.9. The number of anilines is 1. The molecule has 0 radical (unpaired) electrons. The Morgan fingerprint density at radius 1 is 1.16 bits per heavy atom. The van der Waals surface area contributed by atoms with Crippen molar-refractivity contribution in [2.75, 3.05) is 64.8 Å². The average Bonchev–Trinajstić information content (AvgIpc) is 2.77. The Morgan fingerprint density at radius 3 is 2.52 bits per heavy atom. The molecule has 3 rings (SSSR count). The van der Waals surface area contributed by atoms with Gasteiger partial charge < -0.3 is 20.0 Å². The molecular formula is C22H31ClN6OS. The highest BCUT2D eigenvalue weighted by atomic mass is 35.5. The summed E-state index contributed by atoms with van der Waals surface area (Å²) in [5.74, 6) is 1.56. The summed E-state index contributed by atoms with van der Waals surface area (Å²) in [4.78, 5) is 28.0. The average molecular weight is 463 g/mol. The van der Waals surface area contributed by atoms with Gasteiger partial charge in [0, 0.05) is 56.7 Å². The van der Waals surface area contributed by atoms with Gasteiger partial charge in [-0.2, -0.15) is 0 Å². The van der Waals surface area contributed by atoms with Crippen LogP contribution in [0.4, 0.5) is 5.82 Å². The molecule has 9 heteroatoms. The van der Waals surface area contributed by atoms with Crippen molar-refractivity contribution in [2.45, 2.75) is 17.8 Å². The van der Waals surface area contributed by atoms with E-state index in [0.29, 0.717) is 28.2 Å². The van der Waals surface area contributed by atoms with Crippen LogP contribution in [0, 0.1) is 0 Å². The third-order valence-corrected chi connectivity index (χ3v) is 6.35. The summed E-state index contributed by atoms with van der Waals surface area (Å²) < 4.78 is 0. The van der Waals surface area contributed by atoms with Crippen LogP contribution in [0.2, 0.25) is 5.15 Å². The van der Waals surface area contributed by atoms with Crippen LogP contribution in [0.3, 0.4) is 0 Å². The molecule has 31 heavy (non-hydrogen) atoms.